The van der Waals surface area contributed by atoms with E-state index in [1.54, 1.807) is 12.3 Å². The average Bonchev–Trinajstić information content (AvgIpc) is 2.62. The lowest BCUT2D eigenvalue weighted by Crippen LogP contribution is -2.35. The number of hydrogen-bond donors (Lipinski definition) is 3. The van der Waals surface area contributed by atoms with Crippen LogP contribution >= 0.6 is 0 Å². The summed E-state index contributed by atoms with van der Waals surface area (Å²) in [4.78, 5) is 22.8. The molecule has 0 fully saturated rings. The molecule has 1 aromatic rings. The Morgan fingerprint density at radius 1 is 1.44 bits per heavy atom. The highest BCUT2D eigenvalue weighted by molar-refractivity contribution is 5.78. The summed E-state index contributed by atoms with van der Waals surface area (Å²) in [5, 5.41) is 9.28. The van der Waals surface area contributed by atoms with E-state index in [1.165, 1.54) is 4.68 Å². The van der Waals surface area contributed by atoms with E-state index >= 15 is 0 Å². The predicted octanol–water partition coefficient (Wildman–Crippen LogP) is -0.504. The second-order valence-corrected chi connectivity index (χ2v) is 4.26. The van der Waals surface area contributed by atoms with Crippen LogP contribution in [0, 0.1) is 0 Å². The zero-order chi connectivity index (χ0) is 13.5. The van der Waals surface area contributed by atoms with Crippen LogP contribution in [0.25, 0.3) is 0 Å². The zero-order valence-electron chi connectivity index (χ0n) is 10.6. The first-order valence-electron chi connectivity index (χ1n) is 5.82. The van der Waals surface area contributed by atoms with Gasteiger partial charge in [0.25, 0.3) is 0 Å². The Hall–Kier alpha value is -2.05. The van der Waals surface area contributed by atoms with Crippen molar-refractivity contribution in [3.8, 4) is 0 Å². The monoisotopic (exact) mass is 253 g/mol. The highest BCUT2D eigenvalue weighted by atomic mass is 16.2. The van der Waals surface area contributed by atoms with Gasteiger partial charge in [-0.3, -0.25) is 14.3 Å². The zero-order valence-corrected chi connectivity index (χ0v) is 10.6. The van der Waals surface area contributed by atoms with E-state index in [2.05, 4.69) is 15.7 Å². The van der Waals surface area contributed by atoms with Gasteiger partial charge < -0.3 is 16.4 Å². The summed E-state index contributed by atoms with van der Waals surface area (Å²) in [6.45, 7) is 4.19. The van der Waals surface area contributed by atoms with Crippen molar-refractivity contribution in [2.75, 3.05) is 12.3 Å². The van der Waals surface area contributed by atoms with Crippen molar-refractivity contribution < 1.29 is 9.59 Å². The van der Waals surface area contributed by atoms with Crippen LogP contribution in [-0.2, 0) is 16.1 Å². The van der Waals surface area contributed by atoms with Gasteiger partial charge in [0.05, 0.1) is 0 Å². The van der Waals surface area contributed by atoms with E-state index in [0.717, 1.165) is 0 Å². The van der Waals surface area contributed by atoms with E-state index in [9.17, 15) is 9.59 Å². The second-order valence-electron chi connectivity index (χ2n) is 4.26. The molecule has 18 heavy (non-hydrogen) atoms. The van der Waals surface area contributed by atoms with Crippen LogP contribution in [-0.4, -0.2) is 34.2 Å². The maximum atomic E-state index is 11.5. The van der Waals surface area contributed by atoms with Crippen molar-refractivity contribution in [1.82, 2.24) is 20.4 Å². The first kappa shape index (κ1) is 14.0. The number of nitrogens with zero attached hydrogens (tertiary/aromatic N) is 2. The molecule has 4 N–H and O–H groups in total. The third-order valence-corrected chi connectivity index (χ3v) is 2.09. The fourth-order valence-electron chi connectivity index (χ4n) is 1.38. The van der Waals surface area contributed by atoms with Crippen molar-refractivity contribution in [2.24, 2.45) is 0 Å². The number of aromatic nitrogens is 2. The minimum absolute atomic E-state index is 0.0753. The van der Waals surface area contributed by atoms with E-state index < -0.39 is 0 Å². The fraction of sp³-hybridized carbons (Fsp3) is 0.545. The van der Waals surface area contributed by atoms with Crippen molar-refractivity contribution in [3.63, 3.8) is 0 Å². The third kappa shape index (κ3) is 5.33. The average molecular weight is 253 g/mol. The molecule has 2 amide bonds. The summed E-state index contributed by atoms with van der Waals surface area (Å²) in [6.07, 6.45) is 1.89. The molecule has 7 heteroatoms. The van der Waals surface area contributed by atoms with Gasteiger partial charge in [-0.05, 0) is 19.9 Å². The number of anilines is 1. The highest BCUT2D eigenvalue weighted by Crippen LogP contribution is 1.94. The van der Waals surface area contributed by atoms with Crippen LogP contribution in [0.1, 0.15) is 20.3 Å². The first-order valence-corrected chi connectivity index (χ1v) is 5.82. The molecule has 0 spiro atoms. The number of rotatable bonds is 6. The van der Waals surface area contributed by atoms with Crippen LogP contribution in [0.3, 0.4) is 0 Å². The molecule has 100 valence electrons. The van der Waals surface area contributed by atoms with Gasteiger partial charge in [-0.1, -0.05) is 0 Å². The molecule has 0 bridgehead atoms. The van der Waals surface area contributed by atoms with Gasteiger partial charge in [0.1, 0.15) is 12.4 Å². The van der Waals surface area contributed by atoms with Crippen LogP contribution in [0.2, 0.25) is 0 Å². The summed E-state index contributed by atoms with van der Waals surface area (Å²) in [5.41, 5.74) is 5.42. The van der Waals surface area contributed by atoms with Crippen molar-refractivity contribution >= 4 is 17.6 Å². The van der Waals surface area contributed by atoms with Crippen LogP contribution in [0.4, 0.5) is 5.82 Å². The van der Waals surface area contributed by atoms with Gasteiger partial charge in [0.2, 0.25) is 11.8 Å². The Kier molecular flexibility index (Phi) is 5.16. The number of nitrogens with two attached hydrogens (primary N) is 1. The van der Waals surface area contributed by atoms with Crippen LogP contribution in [0.5, 0.6) is 0 Å². The molecule has 0 saturated heterocycles. The number of hydrogen-bond acceptors (Lipinski definition) is 4. The summed E-state index contributed by atoms with van der Waals surface area (Å²) in [7, 11) is 0. The Balaban J connectivity index is 2.19. The summed E-state index contributed by atoms with van der Waals surface area (Å²) < 4.78 is 1.44. The summed E-state index contributed by atoms with van der Waals surface area (Å²) in [6, 6.07) is 1.73. The van der Waals surface area contributed by atoms with Gasteiger partial charge >= 0.3 is 0 Å². The van der Waals surface area contributed by atoms with Gasteiger partial charge in [-0.25, -0.2) is 0 Å². The second kappa shape index (κ2) is 6.63. The molecular weight excluding hydrogens is 234 g/mol. The van der Waals surface area contributed by atoms with Gasteiger partial charge in [-0.15, -0.1) is 0 Å². The van der Waals surface area contributed by atoms with Crippen LogP contribution < -0.4 is 16.4 Å². The Morgan fingerprint density at radius 2 is 2.17 bits per heavy atom. The highest BCUT2D eigenvalue weighted by Gasteiger charge is 2.06. The van der Waals surface area contributed by atoms with Crippen LogP contribution in [0.15, 0.2) is 12.3 Å². The lowest BCUT2D eigenvalue weighted by Gasteiger charge is -2.08. The lowest BCUT2D eigenvalue weighted by molar-refractivity contribution is -0.122. The number of carbonyl (C=O) groups excluding carboxylic acids is 2. The quantitative estimate of drug-likeness (QED) is 0.635. The first-order chi connectivity index (χ1) is 8.47. The lowest BCUT2D eigenvalue weighted by atomic mass is 10.3. The fourth-order valence-corrected chi connectivity index (χ4v) is 1.38. The third-order valence-electron chi connectivity index (χ3n) is 2.09. The molecule has 0 aliphatic heterocycles. The van der Waals surface area contributed by atoms with E-state index in [4.69, 9.17) is 5.73 Å². The topological polar surface area (TPSA) is 102 Å². The minimum atomic E-state index is -0.199. The molecule has 0 aliphatic carbocycles. The molecule has 0 aliphatic rings. The number of nitrogens with one attached hydrogen (secondary N) is 2. The Bertz CT molecular complexity index is 413. The normalized spacial score (nSPS) is 10.4. The Labute approximate surface area is 106 Å². The largest absolute Gasteiger partial charge is 0.382 e. The minimum Gasteiger partial charge on any atom is -0.382 e. The van der Waals surface area contributed by atoms with E-state index in [1.807, 2.05) is 13.8 Å². The maximum Gasteiger partial charge on any atom is 0.241 e. The maximum absolute atomic E-state index is 11.5. The summed E-state index contributed by atoms with van der Waals surface area (Å²) >= 11 is 0. The number of nitrogen functional groups attached to an aromatic ring is 1. The predicted molar refractivity (Wildman–Crippen MR) is 67.5 cm³/mol. The van der Waals surface area contributed by atoms with Gasteiger partial charge in [0, 0.05) is 25.2 Å². The smallest absolute Gasteiger partial charge is 0.241 e. The SMILES string of the molecule is CC(C)NC(=O)CCNC(=O)Cn1ccc(N)n1. The molecule has 0 atom stereocenters. The molecule has 0 aromatic carbocycles. The van der Waals surface area contributed by atoms with Gasteiger partial charge in [0.15, 0.2) is 0 Å². The van der Waals surface area contributed by atoms with Crippen molar-refractivity contribution in [2.45, 2.75) is 32.9 Å². The molecule has 0 saturated carbocycles. The van der Waals surface area contributed by atoms with Crippen molar-refractivity contribution in [3.05, 3.63) is 12.3 Å². The Morgan fingerprint density at radius 3 is 2.72 bits per heavy atom. The molecule has 0 radical (unpaired) electrons. The molecule has 1 rings (SSSR count). The number of carbonyl (C=O) groups is 2. The molecule has 1 heterocycles. The van der Waals surface area contributed by atoms with Gasteiger partial charge in [-0.2, -0.15) is 5.10 Å². The summed E-state index contributed by atoms with van der Waals surface area (Å²) in [5.74, 6) is 0.100. The standard InChI is InChI=1S/C11H19N5O2/c1-8(2)14-10(17)3-5-13-11(18)7-16-6-4-9(12)15-16/h4,6,8H,3,5,7H2,1-2H3,(H2,12,15)(H,13,18)(H,14,17). The van der Waals surface area contributed by atoms with E-state index in [-0.39, 0.29) is 30.8 Å². The van der Waals surface area contributed by atoms with E-state index in [0.29, 0.717) is 12.4 Å². The molecule has 0 unspecified atom stereocenters. The molecular formula is C11H19N5O2. The van der Waals surface area contributed by atoms with Crippen molar-refractivity contribution in [1.29, 1.82) is 0 Å². The molecule has 1 aromatic heterocycles. The number of amides is 2. The molecule has 7 nitrogen and oxygen atoms in total.